The number of nitrogens with zero attached hydrogens (tertiary/aromatic N) is 2. The Kier molecular flexibility index (Phi) is 6.76. The van der Waals surface area contributed by atoms with E-state index >= 15 is 0 Å². The van der Waals surface area contributed by atoms with Crippen molar-refractivity contribution >= 4 is 29.9 Å². The number of aliphatic imine (C=N–C) groups is 1. The first-order valence-corrected chi connectivity index (χ1v) is 9.14. The highest BCUT2D eigenvalue weighted by molar-refractivity contribution is 14.0. The zero-order chi connectivity index (χ0) is 17.8. The van der Waals surface area contributed by atoms with Gasteiger partial charge in [-0.2, -0.15) is 0 Å². The molecule has 27 heavy (non-hydrogen) atoms. The Morgan fingerprint density at radius 2 is 2.11 bits per heavy atom. The highest BCUT2D eigenvalue weighted by Gasteiger charge is 2.22. The summed E-state index contributed by atoms with van der Waals surface area (Å²) in [6.45, 7) is 1.92. The third kappa shape index (κ3) is 5.47. The van der Waals surface area contributed by atoms with Crippen LogP contribution in [0.25, 0.3) is 0 Å². The highest BCUT2D eigenvalue weighted by Crippen LogP contribution is 2.31. The number of aromatic nitrogens is 1. The number of fused-ring (bicyclic) bond motifs is 1. The lowest BCUT2D eigenvalue weighted by Crippen LogP contribution is -2.37. The van der Waals surface area contributed by atoms with Gasteiger partial charge in [0.15, 0.2) is 5.96 Å². The molecule has 7 heteroatoms. The van der Waals surface area contributed by atoms with Gasteiger partial charge in [-0.1, -0.05) is 18.2 Å². The van der Waals surface area contributed by atoms with Crippen LogP contribution in [0.1, 0.15) is 36.4 Å². The molecule has 144 valence electrons. The largest absolute Gasteiger partial charge is 0.493 e. The van der Waals surface area contributed by atoms with Crippen LogP contribution in [-0.4, -0.2) is 24.2 Å². The van der Waals surface area contributed by atoms with Gasteiger partial charge in [0.2, 0.25) is 5.88 Å². The lowest BCUT2D eigenvalue weighted by Gasteiger charge is -2.26. The topological polar surface area (TPSA) is 81.8 Å². The standard InChI is InChI=1S/C20H24N4O2.HI/c21-20(24-17-8-10-25-18-4-2-1-3-16(17)18)23-12-15-7-9-22-19(11-15)26-13-14-5-6-14;/h1-4,7,9,11,14,17H,5-6,8,10,12-13H2,(H3,21,23,24);1H. The van der Waals surface area contributed by atoms with Crippen molar-refractivity contribution in [1.29, 1.82) is 0 Å². The first-order chi connectivity index (χ1) is 12.8. The molecular formula is C20H25IN4O2. The molecule has 1 aromatic heterocycles. The van der Waals surface area contributed by atoms with Gasteiger partial charge in [0, 0.05) is 24.2 Å². The van der Waals surface area contributed by atoms with Crippen LogP contribution in [0.2, 0.25) is 0 Å². The maximum absolute atomic E-state index is 6.11. The van der Waals surface area contributed by atoms with Crippen LogP contribution in [0.3, 0.4) is 0 Å². The predicted octanol–water partition coefficient (Wildman–Crippen LogP) is 3.42. The highest BCUT2D eigenvalue weighted by atomic mass is 127. The van der Waals surface area contributed by atoms with E-state index in [4.69, 9.17) is 15.2 Å². The molecule has 1 unspecified atom stereocenters. The maximum atomic E-state index is 6.11. The van der Waals surface area contributed by atoms with Crippen molar-refractivity contribution in [2.45, 2.75) is 31.8 Å². The second-order valence-corrected chi connectivity index (χ2v) is 6.83. The molecule has 2 aliphatic rings. The summed E-state index contributed by atoms with van der Waals surface area (Å²) in [5.41, 5.74) is 8.26. The molecule has 1 aliphatic heterocycles. The molecule has 0 bridgehead atoms. The monoisotopic (exact) mass is 480 g/mol. The second kappa shape index (κ2) is 9.25. The minimum absolute atomic E-state index is 0. The molecule has 1 saturated carbocycles. The molecule has 6 nitrogen and oxygen atoms in total. The van der Waals surface area contributed by atoms with Crippen LogP contribution in [0.15, 0.2) is 47.6 Å². The van der Waals surface area contributed by atoms with Crippen molar-refractivity contribution in [3.63, 3.8) is 0 Å². The fraction of sp³-hybridized carbons (Fsp3) is 0.400. The number of benzene rings is 1. The van der Waals surface area contributed by atoms with E-state index in [0.717, 1.165) is 29.9 Å². The third-order valence-electron chi connectivity index (χ3n) is 4.68. The van der Waals surface area contributed by atoms with Gasteiger partial charge in [-0.25, -0.2) is 9.98 Å². The Labute approximate surface area is 176 Å². The van der Waals surface area contributed by atoms with Crippen molar-refractivity contribution in [2.24, 2.45) is 16.6 Å². The van der Waals surface area contributed by atoms with Crippen LogP contribution < -0.4 is 20.5 Å². The summed E-state index contributed by atoms with van der Waals surface area (Å²) in [4.78, 5) is 8.72. The summed E-state index contributed by atoms with van der Waals surface area (Å²) in [6.07, 6.45) is 5.15. The molecule has 0 saturated heterocycles. The van der Waals surface area contributed by atoms with Crippen molar-refractivity contribution in [3.05, 3.63) is 53.7 Å². The molecule has 1 atom stereocenters. The van der Waals surface area contributed by atoms with Gasteiger partial charge >= 0.3 is 0 Å². The van der Waals surface area contributed by atoms with E-state index in [9.17, 15) is 0 Å². The summed E-state index contributed by atoms with van der Waals surface area (Å²) in [7, 11) is 0. The summed E-state index contributed by atoms with van der Waals surface area (Å²) in [5, 5.41) is 3.31. The van der Waals surface area contributed by atoms with E-state index in [0.29, 0.717) is 30.9 Å². The SMILES string of the molecule is I.NC(=NCc1ccnc(OCC2CC2)c1)NC1CCOc2ccccc21. The number of guanidine groups is 1. The molecule has 2 aromatic rings. The summed E-state index contributed by atoms with van der Waals surface area (Å²) in [5.74, 6) is 2.72. The summed E-state index contributed by atoms with van der Waals surface area (Å²) in [6, 6.07) is 12.0. The van der Waals surface area contributed by atoms with E-state index in [-0.39, 0.29) is 30.0 Å². The number of nitrogens with one attached hydrogen (secondary N) is 1. The zero-order valence-electron chi connectivity index (χ0n) is 15.1. The normalized spacial score (nSPS) is 18.7. The molecule has 1 fully saturated rings. The molecule has 2 heterocycles. The lowest BCUT2D eigenvalue weighted by molar-refractivity contribution is 0.262. The predicted molar refractivity (Wildman–Crippen MR) is 116 cm³/mol. The minimum Gasteiger partial charge on any atom is -0.493 e. The number of para-hydroxylation sites is 1. The number of nitrogens with two attached hydrogens (primary N) is 1. The van der Waals surface area contributed by atoms with Crippen molar-refractivity contribution < 1.29 is 9.47 Å². The smallest absolute Gasteiger partial charge is 0.213 e. The first kappa shape index (κ1) is 19.7. The van der Waals surface area contributed by atoms with Gasteiger partial charge in [0.25, 0.3) is 0 Å². The van der Waals surface area contributed by atoms with Gasteiger partial charge < -0.3 is 20.5 Å². The zero-order valence-corrected chi connectivity index (χ0v) is 17.5. The third-order valence-corrected chi connectivity index (χ3v) is 4.68. The number of hydrogen-bond donors (Lipinski definition) is 2. The fourth-order valence-electron chi connectivity index (χ4n) is 3.01. The number of rotatable bonds is 6. The van der Waals surface area contributed by atoms with E-state index in [1.165, 1.54) is 12.8 Å². The van der Waals surface area contributed by atoms with Crippen LogP contribution in [0.5, 0.6) is 11.6 Å². The minimum atomic E-state index is 0. The van der Waals surface area contributed by atoms with Gasteiger partial charge in [-0.05, 0) is 36.5 Å². The van der Waals surface area contributed by atoms with Crippen LogP contribution in [-0.2, 0) is 6.54 Å². The first-order valence-electron chi connectivity index (χ1n) is 9.14. The Balaban J connectivity index is 0.00000210. The number of hydrogen-bond acceptors (Lipinski definition) is 4. The maximum Gasteiger partial charge on any atom is 0.213 e. The van der Waals surface area contributed by atoms with Crippen molar-refractivity contribution in [1.82, 2.24) is 10.3 Å². The van der Waals surface area contributed by atoms with Gasteiger partial charge in [-0.3, -0.25) is 0 Å². The Morgan fingerprint density at radius 1 is 1.26 bits per heavy atom. The van der Waals surface area contributed by atoms with Gasteiger partial charge in [-0.15, -0.1) is 24.0 Å². The average Bonchev–Trinajstić information content (AvgIpc) is 3.50. The van der Waals surface area contributed by atoms with Crippen molar-refractivity contribution in [2.75, 3.05) is 13.2 Å². The molecule has 1 aliphatic carbocycles. The number of halogens is 1. The molecule has 0 spiro atoms. The number of pyridine rings is 1. The van der Waals surface area contributed by atoms with Crippen molar-refractivity contribution in [3.8, 4) is 11.6 Å². The van der Waals surface area contributed by atoms with E-state index in [1.54, 1.807) is 6.20 Å². The second-order valence-electron chi connectivity index (χ2n) is 6.83. The van der Waals surface area contributed by atoms with Crippen LogP contribution >= 0.6 is 24.0 Å². The molecule has 4 rings (SSSR count). The molecular weight excluding hydrogens is 455 g/mol. The van der Waals surface area contributed by atoms with E-state index < -0.39 is 0 Å². The average molecular weight is 480 g/mol. The Morgan fingerprint density at radius 3 is 2.96 bits per heavy atom. The Hall–Kier alpha value is -2.03. The summed E-state index contributed by atoms with van der Waals surface area (Å²) >= 11 is 0. The van der Waals surface area contributed by atoms with Gasteiger partial charge in [0.05, 0.1) is 25.8 Å². The molecule has 0 amide bonds. The quantitative estimate of drug-likeness (QED) is 0.376. The van der Waals surface area contributed by atoms with E-state index in [2.05, 4.69) is 21.4 Å². The van der Waals surface area contributed by atoms with E-state index in [1.807, 2.05) is 30.3 Å². The fourth-order valence-corrected chi connectivity index (χ4v) is 3.01. The molecule has 1 aromatic carbocycles. The van der Waals surface area contributed by atoms with Gasteiger partial charge in [0.1, 0.15) is 5.75 Å². The number of ether oxygens (including phenoxy) is 2. The molecule has 3 N–H and O–H groups in total. The van der Waals surface area contributed by atoms with Crippen LogP contribution in [0, 0.1) is 5.92 Å². The van der Waals surface area contributed by atoms with Crippen LogP contribution in [0.4, 0.5) is 0 Å². The Bertz CT molecular complexity index is 795. The molecule has 0 radical (unpaired) electrons. The lowest BCUT2D eigenvalue weighted by atomic mass is 10.0. The summed E-state index contributed by atoms with van der Waals surface area (Å²) < 4.78 is 11.4.